The minimum Gasteiger partial charge on any atom is -0.362 e. The molecule has 2 N–H and O–H groups in total. The van der Waals surface area contributed by atoms with Crippen LogP contribution in [0.5, 0.6) is 0 Å². The van der Waals surface area contributed by atoms with E-state index in [0.717, 1.165) is 0 Å². The van der Waals surface area contributed by atoms with E-state index >= 15 is 0 Å². The van der Waals surface area contributed by atoms with Gasteiger partial charge in [-0.1, -0.05) is 0 Å². The van der Waals surface area contributed by atoms with Crippen molar-refractivity contribution < 1.29 is 10.2 Å². The van der Waals surface area contributed by atoms with E-state index in [4.69, 9.17) is 0 Å². The summed E-state index contributed by atoms with van der Waals surface area (Å²) in [6.45, 7) is 1.11. The van der Waals surface area contributed by atoms with Gasteiger partial charge in [0.2, 0.25) is 5.79 Å². The van der Waals surface area contributed by atoms with Crippen molar-refractivity contribution in [2.24, 2.45) is 9.98 Å². The highest BCUT2D eigenvalue weighted by Crippen LogP contribution is 2.45. The molecule has 2 atom stereocenters. The van der Waals surface area contributed by atoms with Gasteiger partial charge in [0.1, 0.15) is 6.04 Å². The molecule has 1 saturated heterocycles. The Morgan fingerprint density at radius 3 is 3.00 bits per heavy atom. The summed E-state index contributed by atoms with van der Waals surface area (Å²) in [7, 11) is 1.82. The molecular formula is C9H14N4O2. The van der Waals surface area contributed by atoms with Crippen LogP contribution in [0.2, 0.25) is 0 Å². The van der Waals surface area contributed by atoms with Gasteiger partial charge in [-0.3, -0.25) is 9.98 Å². The first kappa shape index (κ1) is 9.11. The molecule has 0 aliphatic carbocycles. The predicted molar refractivity (Wildman–Crippen MR) is 54.6 cm³/mol. The van der Waals surface area contributed by atoms with Gasteiger partial charge in [0, 0.05) is 20.0 Å². The van der Waals surface area contributed by atoms with Gasteiger partial charge in [-0.05, 0) is 0 Å². The maximum atomic E-state index is 10.2. The fourth-order valence-corrected chi connectivity index (χ4v) is 2.98. The van der Waals surface area contributed by atoms with E-state index < -0.39 is 11.4 Å². The lowest BCUT2D eigenvalue weighted by Crippen LogP contribution is -2.71. The van der Waals surface area contributed by atoms with E-state index in [9.17, 15) is 10.2 Å². The number of rotatable bonds is 0. The van der Waals surface area contributed by atoms with E-state index in [1.165, 1.54) is 0 Å². The molecule has 0 saturated carbocycles. The van der Waals surface area contributed by atoms with Crippen LogP contribution < -0.4 is 0 Å². The molecule has 0 aromatic rings. The van der Waals surface area contributed by atoms with E-state index in [1.807, 2.05) is 11.9 Å². The zero-order valence-electron chi connectivity index (χ0n) is 8.54. The van der Waals surface area contributed by atoms with E-state index in [2.05, 4.69) is 9.98 Å². The third kappa shape index (κ3) is 0.826. The molecule has 0 radical (unpaired) electrons. The molecule has 3 aliphatic heterocycles. The second-order valence-electron chi connectivity index (χ2n) is 4.36. The van der Waals surface area contributed by atoms with Gasteiger partial charge < -0.3 is 20.0 Å². The van der Waals surface area contributed by atoms with Crippen LogP contribution in [-0.4, -0.2) is 70.3 Å². The zero-order chi connectivity index (χ0) is 10.7. The lowest BCUT2D eigenvalue weighted by Gasteiger charge is -2.49. The molecule has 3 rings (SSSR count). The second kappa shape index (κ2) is 2.51. The van der Waals surface area contributed by atoms with E-state index in [1.54, 1.807) is 17.6 Å². The summed E-state index contributed by atoms with van der Waals surface area (Å²) in [4.78, 5) is 12.2. The number of hydrogen-bond donors (Lipinski definition) is 2. The van der Waals surface area contributed by atoms with Crippen molar-refractivity contribution in [3.05, 3.63) is 0 Å². The lowest BCUT2D eigenvalue weighted by molar-refractivity contribution is -0.241. The van der Waals surface area contributed by atoms with Crippen LogP contribution in [-0.2, 0) is 0 Å². The predicted octanol–water partition coefficient (Wildman–Crippen LogP) is -1.55. The topological polar surface area (TPSA) is 71.7 Å². The van der Waals surface area contributed by atoms with Gasteiger partial charge in [-0.25, -0.2) is 0 Å². The summed E-state index contributed by atoms with van der Waals surface area (Å²) < 4.78 is 0. The molecule has 6 heteroatoms. The fourth-order valence-electron chi connectivity index (χ4n) is 2.98. The van der Waals surface area contributed by atoms with Crippen LogP contribution in [0.4, 0.5) is 0 Å². The highest BCUT2D eigenvalue weighted by atomic mass is 16.5. The Balaban J connectivity index is 2.15. The van der Waals surface area contributed by atoms with Crippen molar-refractivity contribution in [2.45, 2.75) is 23.9 Å². The van der Waals surface area contributed by atoms with Gasteiger partial charge in [-0.15, -0.1) is 0 Å². The van der Waals surface area contributed by atoms with Crippen LogP contribution in [0.25, 0.3) is 0 Å². The first-order valence-corrected chi connectivity index (χ1v) is 5.07. The van der Waals surface area contributed by atoms with Crippen LogP contribution in [0, 0.1) is 0 Å². The standard InChI is InChI=1S/C9H14N4O2/c1-12-6-11-7-4-10-5-13-3-2-8(14,15)9(7,12)13/h5-7,14-15H,2-4H2,1H3. The Morgan fingerprint density at radius 2 is 2.20 bits per heavy atom. The molecule has 15 heavy (non-hydrogen) atoms. The molecule has 6 nitrogen and oxygen atoms in total. The van der Waals surface area contributed by atoms with E-state index in [-0.39, 0.29) is 6.04 Å². The second-order valence-corrected chi connectivity index (χ2v) is 4.36. The molecule has 82 valence electrons. The van der Waals surface area contributed by atoms with Gasteiger partial charge in [0.05, 0.1) is 19.2 Å². The number of hydrogen-bond acceptors (Lipinski definition) is 6. The van der Waals surface area contributed by atoms with Crippen molar-refractivity contribution >= 4 is 12.7 Å². The molecular weight excluding hydrogens is 196 g/mol. The maximum Gasteiger partial charge on any atom is 0.210 e. The molecule has 0 aromatic carbocycles. The largest absolute Gasteiger partial charge is 0.362 e. The monoisotopic (exact) mass is 210 g/mol. The maximum absolute atomic E-state index is 10.2. The first-order valence-electron chi connectivity index (χ1n) is 5.07. The zero-order valence-corrected chi connectivity index (χ0v) is 8.54. The van der Waals surface area contributed by atoms with Gasteiger partial charge in [0.25, 0.3) is 0 Å². The van der Waals surface area contributed by atoms with Gasteiger partial charge in [0.15, 0.2) is 5.66 Å². The molecule has 3 aliphatic rings. The third-order valence-corrected chi connectivity index (χ3v) is 3.65. The van der Waals surface area contributed by atoms with Crippen LogP contribution in [0.3, 0.4) is 0 Å². The summed E-state index contributed by atoms with van der Waals surface area (Å²) in [5, 5.41) is 20.3. The molecule has 2 unspecified atom stereocenters. The molecule has 0 amide bonds. The molecule has 0 bridgehead atoms. The number of aliphatic hydroxyl groups is 2. The fraction of sp³-hybridized carbons (Fsp3) is 0.778. The van der Waals surface area contributed by atoms with Crippen LogP contribution in [0.15, 0.2) is 9.98 Å². The molecule has 0 aromatic heterocycles. The van der Waals surface area contributed by atoms with Gasteiger partial charge in [-0.2, -0.15) is 0 Å². The summed E-state index contributed by atoms with van der Waals surface area (Å²) >= 11 is 0. The van der Waals surface area contributed by atoms with E-state index in [0.29, 0.717) is 19.5 Å². The quantitative estimate of drug-likeness (QED) is 0.475. The smallest absolute Gasteiger partial charge is 0.210 e. The summed E-state index contributed by atoms with van der Waals surface area (Å²) in [6.07, 6.45) is 3.69. The summed E-state index contributed by atoms with van der Waals surface area (Å²) in [5.74, 6) is -1.73. The van der Waals surface area contributed by atoms with Crippen molar-refractivity contribution in [1.29, 1.82) is 0 Å². The SMILES string of the molecule is CN1C=NC2CN=CN3CCC(O)(O)C213. The van der Waals surface area contributed by atoms with Crippen molar-refractivity contribution in [3.63, 3.8) is 0 Å². The highest BCUT2D eigenvalue weighted by molar-refractivity contribution is 5.67. The molecule has 1 spiro atoms. The Hall–Kier alpha value is -1.14. The van der Waals surface area contributed by atoms with Crippen molar-refractivity contribution in [3.8, 4) is 0 Å². The molecule has 3 heterocycles. The van der Waals surface area contributed by atoms with Crippen LogP contribution in [0.1, 0.15) is 6.42 Å². The van der Waals surface area contributed by atoms with Crippen molar-refractivity contribution in [1.82, 2.24) is 9.80 Å². The average molecular weight is 210 g/mol. The average Bonchev–Trinajstić information content (AvgIpc) is 2.67. The number of likely N-dealkylation sites (N-methyl/N-ethyl adjacent to an activating group) is 1. The normalized spacial score (nSPS) is 40.9. The third-order valence-electron chi connectivity index (χ3n) is 3.65. The number of aliphatic imine (C=N–C) groups is 2. The van der Waals surface area contributed by atoms with Gasteiger partial charge >= 0.3 is 0 Å². The minimum atomic E-state index is -1.73. The Bertz CT molecular complexity index is 348. The summed E-state index contributed by atoms with van der Waals surface area (Å²) in [5.41, 5.74) is -0.839. The Labute approximate surface area is 87.5 Å². The summed E-state index contributed by atoms with van der Waals surface area (Å²) in [6, 6.07) is -0.190. The molecule has 1 fully saturated rings. The first-order chi connectivity index (χ1) is 7.09. The Kier molecular flexibility index (Phi) is 1.52. The van der Waals surface area contributed by atoms with Crippen molar-refractivity contribution in [2.75, 3.05) is 20.1 Å². The highest BCUT2D eigenvalue weighted by Gasteiger charge is 2.67. The number of nitrogens with zero attached hydrogens (tertiary/aromatic N) is 4. The lowest BCUT2D eigenvalue weighted by atomic mass is 9.90. The minimum absolute atomic E-state index is 0.190. The van der Waals surface area contributed by atoms with Crippen LogP contribution >= 0.6 is 0 Å². The Morgan fingerprint density at radius 1 is 1.40 bits per heavy atom.